The Morgan fingerprint density at radius 2 is 1.86 bits per heavy atom. The quantitative estimate of drug-likeness (QED) is 0.340. The first-order chi connectivity index (χ1) is 2.27. The molecule has 0 fully saturated rings. The fraction of sp³-hybridized carbons (Fsp3) is 0.667. The molecule has 0 unspecified atom stereocenters. The molecule has 38 valence electrons. The normalized spacial score (nSPS) is 5.29. The molecule has 1 amide bonds. The molecule has 0 saturated heterocycles. The van der Waals surface area contributed by atoms with Crippen molar-refractivity contribution in [2.45, 2.75) is 13.3 Å². The molecule has 0 rings (SSSR count). The Hall–Kier alpha value is 0.535. The van der Waals surface area contributed by atoms with Gasteiger partial charge in [0.25, 0.3) is 0 Å². The fourth-order valence-electron chi connectivity index (χ4n) is 0. The zero-order valence-electron chi connectivity index (χ0n) is 4.19. The number of amides is 1. The van der Waals surface area contributed by atoms with E-state index in [0.29, 0.717) is 6.42 Å². The van der Waals surface area contributed by atoms with Crippen molar-refractivity contribution in [3.63, 3.8) is 0 Å². The van der Waals surface area contributed by atoms with E-state index in [1.807, 2.05) is 0 Å². The molecule has 0 aliphatic heterocycles. The van der Waals surface area contributed by atoms with Crippen LogP contribution in [0.15, 0.2) is 0 Å². The zero-order chi connectivity index (χ0) is 4.28. The average molecular weight is 111 g/mol. The van der Waals surface area contributed by atoms with Gasteiger partial charge in [-0.3, -0.25) is 4.79 Å². The number of rotatable bonds is 1. The van der Waals surface area contributed by atoms with Crippen molar-refractivity contribution >= 4 is 14.3 Å². The van der Waals surface area contributed by atoms with Crippen molar-refractivity contribution in [3.8, 4) is 0 Å². The number of nitrogens with two attached hydrogens (primary N) is 1. The molecule has 0 aromatic heterocycles. The molecule has 2 N–H and O–H groups in total. The summed E-state index contributed by atoms with van der Waals surface area (Å²) in [6.45, 7) is 1.72. The first-order valence-corrected chi connectivity index (χ1v) is 1.55. The molecule has 0 spiro atoms. The van der Waals surface area contributed by atoms with Crippen LogP contribution < -0.4 is 35.3 Å². The van der Waals surface area contributed by atoms with Crippen molar-refractivity contribution in [1.29, 1.82) is 0 Å². The van der Waals surface area contributed by atoms with Crippen LogP contribution in [0.1, 0.15) is 13.3 Å². The molecule has 0 heterocycles. The minimum absolute atomic E-state index is 0. The summed E-state index contributed by atoms with van der Waals surface area (Å²) in [6.07, 6.45) is 0.444. The summed E-state index contributed by atoms with van der Waals surface area (Å²) < 4.78 is 0. The van der Waals surface area contributed by atoms with Gasteiger partial charge in [0.1, 0.15) is 0 Å². The van der Waals surface area contributed by atoms with Gasteiger partial charge in [0, 0.05) is 6.42 Å². The molecule has 0 radical (unpaired) electrons. The molecule has 0 aliphatic rings. The second-order valence-corrected chi connectivity index (χ2v) is 0.820. The maximum absolute atomic E-state index is 9.59. The molecule has 4 heteroatoms. The molecule has 0 aromatic rings. The second kappa shape index (κ2) is 9.73. The molecule has 0 atom stereocenters. The molecule has 0 saturated carbocycles. The first-order valence-electron chi connectivity index (χ1n) is 1.55. The Bertz CT molecular complexity index is 50.2. The van der Waals surface area contributed by atoms with Crippen molar-refractivity contribution < 1.29 is 34.4 Å². The molecular formula is C3H11BNNaO. The molecular weight excluding hydrogens is 99.8 g/mol. The molecule has 0 bridgehead atoms. The third-order valence-electron chi connectivity index (χ3n) is 0.348. The number of carbonyl (C=O) groups excluding carboxylic acids is 1. The topological polar surface area (TPSA) is 43.1 Å². The number of carbonyl (C=O) groups is 1. The first kappa shape index (κ1) is 15.6. The van der Waals surface area contributed by atoms with Crippen molar-refractivity contribution in [1.82, 2.24) is 0 Å². The van der Waals surface area contributed by atoms with Crippen molar-refractivity contribution in [2.75, 3.05) is 0 Å². The Labute approximate surface area is 67.7 Å². The van der Waals surface area contributed by atoms with E-state index in [1.54, 1.807) is 6.92 Å². The largest absolute Gasteiger partial charge is 1.00 e. The second-order valence-electron chi connectivity index (χ2n) is 0.820. The molecule has 7 heavy (non-hydrogen) atoms. The van der Waals surface area contributed by atoms with Gasteiger partial charge in [0.05, 0.1) is 0 Å². The summed E-state index contributed by atoms with van der Waals surface area (Å²) in [5.41, 5.74) is 4.65. The van der Waals surface area contributed by atoms with Crippen LogP contribution in [0, 0.1) is 0 Å². The van der Waals surface area contributed by atoms with E-state index in [9.17, 15) is 4.79 Å². The van der Waals surface area contributed by atoms with Crippen molar-refractivity contribution in [3.05, 3.63) is 0 Å². The van der Waals surface area contributed by atoms with Gasteiger partial charge in [-0.25, -0.2) is 0 Å². The maximum Gasteiger partial charge on any atom is 1.00 e. The Morgan fingerprint density at radius 1 is 1.71 bits per heavy atom. The van der Waals surface area contributed by atoms with Crippen LogP contribution in [0.25, 0.3) is 0 Å². The van der Waals surface area contributed by atoms with E-state index < -0.39 is 0 Å². The zero-order valence-corrected chi connectivity index (χ0v) is 6.19. The molecule has 2 nitrogen and oxygen atoms in total. The third-order valence-corrected chi connectivity index (χ3v) is 0.348. The Balaban J connectivity index is -0.0000000800. The molecule has 0 aromatic carbocycles. The van der Waals surface area contributed by atoms with E-state index in [2.05, 4.69) is 5.73 Å². The smallest absolute Gasteiger partial charge is 0.370 e. The van der Waals surface area contributed by atoms with E-state index in [1.165, 1.54) is 0 Å². The minimum Gasteiger partial charge on any atom is -0.370 e. The third kappa shape index (κ3) is 20.9. The van der Waals surface area contributed by atoms with E-state index >= 15 is 0 Å². The van der Waals surface area contributed by atoms with Gasteiger partial charge < -0.3 is 5.73 Å². The van der Waals surface area contributed by atoms with Gasteiger partial charge in [0.2, 0.25) is 5.91 Å². The van der Waals surface area contributed by atoms with Gasteiger partial charge in [-0.2, -0.15) is 0 Å². The van der Waals surface area contributed by atoms with Gasteiger partial charge in [-0.1, -0.05) is 15.3 Å². The van der Waals surface area contributed by atoms with Crippen LogP contribution in [-0.2, 0) is 4.79 Å². The predicted octanol–water partition coefficient (Wildman–Crippen LogP) is -4.57. The van der Waals surface area contributed by atoms with Gasteiger partial charge in [0.15, 0.2) is 0 Å². The van der Waals surface area contributed by atoms with Crippen molar-refractivity contribution in [2.24, 2.45) is 5.73 Å². The van der Waals surface area contributed by atoms with Crippen LogP contribution in [-0.4, -0.2) is 14.3 Å². The number of primary amides is 1. The van der Waals surface area contributed by atoms with E-state index in [0.717, 1.165) is 0 Å². The minimum atomic E-state index is -0.245. The fourth-order valence-corrected chi connectivity index (χ4v) is 0. The van der Waals surface area contributed by atoms with Crippen LogP contribution in [0.3, 0.4) is 0 Å². The number of hydrogen-bond donors (Lipinski definition) is 1. The Kier molecular flexibility index (Phi) is 21.8. The summed E-state index contributed by atoms with van der Waals surface area (Å²) in [7, 11) is 0. The SMILES string of the molecule is CCC(N)=O.[BH4-].[Na+]. The predicted molar refractivity (Wildman–Crippen MR) is 30.8 cm³/mol. The van der Waals surface area contributed by atoms with Gasteiger partial charge >= 0.3 is 29.6 Å². The molecule has 0 aliphatic carbocycles. The van der Waals surface area contributed by atoms with Crippen LogP contribution >= 0.6 is 0 Å². The number of hydrogen-bond acceptors (Lipinski definition) is 1. The van der Waals surface area contributed by atoms with Gasteiger partial charge in [-0.05, 0) is 0 Å². The summed E-state index contributed by atoms with van der Waals surface area (Å²) in [5.74, 6) is -0.245. The standard InChI is InChI=1S/C3H7NO.BH4.Na/c1-2-3(4)5;;/h2H2,1H3,(H2,4,5);1H4;/q;-1;+1. The maximum atomic E-state index is 9.59. The van der Waals surface area contributed by atoms with E-state index in [4.69, 9.17) is 0 Å². The summed E-state index contributed by atoms with van der Waals surface area (Å²) >= 11 is 0. The van der Waals surface area contributed by atoms with Crippen LogP contribution in [0.4, 0.5) is 0 Å². The van der Waals surface area contributed by atoms with E-state index in [-0.39, 0.29) is 43.9 Å². The Morgan fingerprint density at radius 3 is 1.86 bits per heavy atom. The summed E-state index contributed by atoms with van der Waals surface area (Å²) in [4.78, 5) is 9.59. The van der Waals surface area contributed by atoms with Gasteiger partial charge in [-0.15, -0.1) is 0 Å². The monoisotopic (exact) mass is 111 g/mol. The summed E-state index contributed by atoms with van der Waals surface area (Å²) in [6, 6.07) is 0. The average Bonchev–Trinajstić information content (AvgIpc) is 1.38. The van der Waals surface area contributed by atoms with Crippen LogP contribution in [0.5, 0.6) is 0 Å². The summed E-state index contributed by atoms with van der Waals surface area (Å²) in [5, 5.41) is 0. The van der Waals surface area contributed by atoms with Crippen LogP contribution in [0.2, 0.25) is 0 Å².